The third-order valence-corrected chi connectivity index (χ3v) is 5.49. The number of nitrogens with one attached hydrogen (secondary N) is 2. The molecule has 0 radical (unpaired) electrons. The highest BCUT2D eigenvalue weighted by Gasteiger charge is 2.27. The lowest BCUT2D eigenvalue weighted by molar-refractivity contribution is -0.121. The number of aromatic nitrogens is 2. The van der Waals surface area contributed by atoms with Gasteiger partial charge in [0.05, 0.1) is 12.5 Å². The van der Waals surface area contributed by atoms with Gasteiger partial charge in [-0.1, -0.05) is 28.9 Å². The Bertz CT molecular complexity index is 1100. The molecule has 1 aliphatic heterocycles. The van der Waals surface area contributed by atoms with Crippen LogP contribution in [0.15, 0.2) is 53.1 Å². The van der Waals surface area contributed by atoms with Crippen molar-refractivity contribution in [1.82, 2.24) is 15.0 Å². The van der Waals surface area contributed by atoms with Crippen LogP contribution >= 0.6 is 11.6 Å². The van der Waals surface area contributed by atoms with Crippen LogP contribution in [0.4, 0.5) is 11.4 Å². The molecule has 2 heterocycles. The first kappa shape index (κ1) is 22.0. The van der Waals surface area contributed by atoms with Gasteiger partial charge in [0.2, 0.25) is 23.5 Å². The predicted molar refractivity (Wildman–Crippen MR) is 122 cm³/mol. The molecule has 0 aliphatic carbocycles. The third kappa shape index (κ3) is 5.72. The van der Waals surface area contributed by atoms with Crippen molar-refractivity contribution in [1.29, 1.82) is 0 Å². The summed E-state index contributed by atoms with van der Waals surface area (Å²) < 4.78 is 5.42. The van der Waals surface area contributed by atoms with Gasteiger partial charge in [0.25, 0.3) is 0 Å². The number of amides is 2. The average Bonchev–Trinajstić information content (AvgIpc) is 3.23. The standard InChI is InChI=1S/C23H24ClN5O3/c1-15(30)25-19-7-9-20(10-8-19)26-23(31)17-5-3-11-29(13-17)14-21-27-22(28-32-21)16-4-2-6-18(24)12-16/h2,4,6-10,12,17H,3,5,11,13-14H2,1H3,(H,25,30)(H,26,31). The summed E-state index contributed by atoms with van der Waals surface area (Å²) in [6, 6.07) is 14.4. The number of hydrogen-bond donors (Lipinski definition) is 2. The molecule has 9 heteroatoms. The maximum atomic E-state index is 12.8. The van der Waals surface area contributed by atoms with Gasteiger partial charge >= 0.3 is 0 Å². The number of benzene rings is 2. The number of likely N-dealkylation sites (tertiary alicyclic amines) is 1. The molecule has 8 nitrogen and oxygen atoms in total. The van der Waals surface area contributed by atoms with E-state index in [1.807, 2.05) is 12.1 Å². The van der Waals surface area contributed by atoms with Gasteiger partial charge in [0.15, 0.2) is 0 Å². The molecule has 4 rings (SSSR count). The SMILES string of the molecule is CC(=O)Nc1ccc(NC(=O)C2CCCN(Cc3nc(-c4cccc(Cl)c4)no3)C2)cc1. The molecular weight excluding hydrogens is 430 g/mol. The maximum absolute atomic E-state index is 12.8. The van der Waals surface area contributed by atoms with Crippen molar-refractivity contribution in [2.24, 2.45) is 5.92 Å². The third-order valence-electron chi connectivity index (χ3n) is 5.26. The first-order chi connectivity index (χ1) is 15.5. The van der Waals surface area contributed by atoms with Gasteiger partial charge in [0, 0.05) is 35.4 Å². The van der Waals surface area contributed by atoms with Crippen LogP contribution < -0.4 is 10.6 Å². The molecule has 1 saturated heterocycles. The molecule has 2 amide bonds. The fourth-order valence-electron chi connectivity index (χ4n) is 3.75. The van der Waals surface area contributed by atoms with E-state index in [0.717, 1.165) is 24.9 Å². The quantitative estimate of drug-likeness (QED) is 0.580. The van der Waals surface area contributed by atoms with Crippen LogP contribution in [0.3, 0.4) is 0 Å². The number of anilines is 2. The van der Waals surface area contributed by atoms with Crippen molar-refractivity contribution in [2.75, 3.05) is 23.7 Å². The van der Waals surface area contributed by atoms with E-state index in [9.17, 15) is 9.59 Å². The van der Waals surface area contributed by atoms with Gasteiger partial charge in [-0.05, 0) is 55.8 Å². The molecule has 1 aliphatic rings. The molecule has 0 saturated carbocycles. The van der Waals surface area contributed by atoms with Crippen molar-refractivity contribution in [3.8, 4) is 11.4 Å². The number of halogens is 1. The number of hydrogen-bond acceptors (Lipinski definition) is 6. The number of rotatable bonds is 6. The number of carbonyl (C=O) groups excluding carboxylic acids is 2. The van der Waals surface area contributed by atoms with Crippen LogP contribution in [-0.2, 0) is 16.1 Å². The van der Waals surface area contributed by atoms with E-state index in [1.165, 1.54) is 6.92 Å². The molecule has 166 valence electrons. The Morgan fingerprint density at radius 1 is 1.16 bits per heavy atom. The highest BCUT2D eigenvalue weighted by molar-refractivity contribution is 6.30. The topological polar surface area (TPSA) is 100 Å². The molecule has 0 bridgehead atoms. The minimum atomic E-state index is -0.134. The van der Waals surface area contributed by atoms with Crippen molar-refractivity contribution >= 4 is 34.8 Å². The normalized spacial score (nSPS) is 16.5. The average molecular weight is 454 g/mol. The van der Waals surface area contributed by atoms with E-state index in [0.29, 0.717) is 41.2 Å². The predicted octanol–water partition coefficient (Wildman–Crippen LogP) is 4.20. The van der Waals surface area contributed by atoms with E-state index in [1.54, 1.807) is 36.4 Å². The van der Waals surface area contributed by atoms with Crippen LogP contribution in [0.25, 0.3) is 11.4 Å². The Morgan fingerprint density at radius 3 is 2.62 bits per heavy atom. The summed E-state index contributed by atoms with van der Waals surface area (Å²) in [5, 5.41) is 10.3. The van der Waals surface area contributed by atoms with Crippen molar-refractivity contribution in [3.05, 3.63) is 59.4 Å². The van der Waals surface area contributed by atoms with Gasteiger partial charge in [-0.3, -0.25) is 14.5 Å². The minimum absolute atomic E-state index is 0.0212. The number of nitrogens with zero attached hydrogens (tertiary/aromatic N) is 3. The smallest absolute Gasteiger partial charge is 0.241 e. The van der Waals surface area contributed by atoms with Gasteiger partial charge in [0.1, 0.15) is 0 Å². The van der Waals surface area contributed by atoms with Crippen LogP contribution in [-0.4, -0.2) is 39.9 Å². The van der Waals surface area contributed by atoms with Gasteiger partial charge in [-0.15, -0.1) is 0 Å². The number of piperidine rings is 1. The molecule has 2 N–H and O–H groups in total. The Hall–Kier alpha value is -3.23. The summed E-state index contributed by atoms with van der Waals surface area (Å²) in [5.41, 5.74) is 2.19. The Balaban J connectivity index is 1.33. The van der Waals surface area contributed by atoms with Gasteiger partial charge in [-0.25, -0.2) is 0 Å². The zero-order valence-electron chi connectivity index (χ0n) is 17.7. The van der Waals surface area contributed by atoms with Crippen molar-refractivity contribution in [2.45, 2.75) is 26.3 Å². The fourth-order valence-corrected chi connectivity index (χ4v) is 3.94. The summed E-state index contributed by atoms with van der Waals surface area (Å²) in [7, 11) is 0. The maximum Gasteiger partial charge on any atom is 0.241 e. The lowest BCUT2D eigenvalue weighted by atomic mass is 9.97. The summed E-state index contributed by atoms with van der Waals surface area (Å²) in [6.45, 7) is 3.43. The highest BCUT2D eigenvalue weighted by atomic mass is 35.5. The molecule has 0 spiro atoms. The zero-order valence-corrected chi connectivity index (χ0v) is 18.4. The Labute approximate surface area is 190 Å². The largest absolute Gasteiger partial charge is 0.338 e. The van der Waals surface area contributed by atoms with E-state index in [2.05, 4.69) is 25.7 Å². The summed E-state index contributed by atoms with van der Waals surface area (Å²) in [5.74, 6) is 0.720. The van der Waals surface area contributed by atoms with E-state index < -0.39 is 0 Å². The zero-order chi connectivity index (χ0) is 22.5. The molecule has 3 aromatic rings. The van der Waals surface area contributed by atoms with Crippen LogP contribution in [0, 0.1) is 5.92 Å². The highest BCUT2D eigenvalue weighted by Crippen LogP contribution is 2.23. The first-order valence-corrected chi connectivity index (χ1v) is 10.8. The summed E-state index contributed by atoms with van der Waals surface area (Å²) >= 11 is 6.04. The van der Waals surface area contributed by atoms with Gasteiger partial charge in [-0.2, -0.15) is 4.98 Å². The first-order valence-electron chi connectivity index (χ1n) is 10.5. The lowest BCUT2D eigenvalue weighted by Crippen LogP contribution is -2.40. The van der Waals surface area contributed by atoms with Crippen LogP contribution in [0.2, 0.25) is 5.02 Å². The summed E-state index contributed by atoms with van der Waals surface area (Å²) in [6.07, 6.45) is 1.73. The molecule has 1 atom stereocenters. The second kappa shape index (κ2) is 9.93. The molecule has 32 heavy (non-hydrogen) atoms. The number of carbonyl (C=O) groups is 2. The molecule has 1 unspecified atom stereocenters. The van der Waals surface area contributed by atoms with E-state index in [4.69, 9.17) is 16.1 Å². The molecule has 1 fully saturated rings. The second-order valence-corrected chi connectivity index (χ2v) is 8.28. The van der Waals surface area contributed by atoms with Crippen molar-refractivity contribution < 1.29 is 14.1 Å². The molecule has 2 aromatic carbocycles. The molecule has 1 aromatic heterocycles. The van der Waals surface area contributed by atoms with Crippen molar-refractivity contribution in [3.63, 3.8) is 0 Å². The second-order valence-electron chi connectivity index (χ2n) is 7.84. The fraction of sp³-hybridized carbons (Fsp3) is 0.304. The van der Waals surface area contributed by atoms with Crippen LogP contribution in [0.1, 0.15) is 25.7 Å². The summed E-state index contributed by atoms with van der Waals surface area (Å²) in [4.78, 5) is 30.5. The minimum Gasteiger partial charge on any atom is -0.338 e. The van der Waals surface area contributed by atoms with Gasteiger partial charge < -0.3 is 15.2 Å². The lowest BCUT2D eigenvalue weighted by Gasteiger charge is -2.30. The Morgan fingerprint density at radius 2 is 1.91 bits per heavy atom. The van der Waals surface area contributed by atoms with E-state index in [-0.39, 0.29) is 17.7 Å². The monoisotopic (exact) mass is 453 g/mol. The van der Waals surface area contributed by atoms with E-state index >= 15 is 0 Å². The Kier molecular flexibility index (Phi) is 6.82. The van der Waals surface area contributed by atoms with Crippen LogP contribution in [0.5, 0.6) is 0 Å². The molecular formula is C23H24ClN5O3.